The van der Waals surface area contributed by atoms with Crippen LogP contribution in [0.3, 0.4) is 0 Å². The summed E-state index contributed by atoms with van der Waals surface area (Å²) in [6.45, 7) is 0. The molecular weight excluding hydrogens is 785 g/mol. The predicted molar refractivity (Wildman–Crippen MR) is 132 cm³/mol. The van der Waals surface area contributed by atoms with Crippen LogP contribution in [-0.4, -0.2) is 48.1 Å². The van der Waals surface area contributed by atoms with Crippen molar-refractivity contribution in [3.63, 3.8) is 0 Å². The van der Waals surface area contributed by atoms with Crippen molar-refractivity contribution in [2.45, 2.75) is 62.2 Å². The lowest BCUT2D eigenvalue weighted by Crippen LogP contribution is -2.71. The lowest BCUT2D eigenvalue weighted by atomic mass is 9.98. The van der Waals surface area contributed by atoms with Crippen molar-refractivity contribution < 1.29 is 96.4 Å². The summed E-state index contributed by atoms with van der Waals surface area (Å²) >= 11 is 0. The number of alkyl halides is 19. The van der Waals surface area contributed by atoms with Crippen LogP contribution in [0, 0.1) is 0 Å². The molecule has 0 saturated carbocycles. The van der Waals surface area contributed by atoms with Crippen LogP contribution < -0.4 is 0 Å². The highest BCUT2D eigenvalue weighted by Crippen LogP contribution is 2.60. The molecule has 0 atom stereocenters. The topological polar surface area (TPSA) is 57.2 Å². The molecular formula is C26H13F19O3S2. The van der Waals surface area contributed by atoms with Gasteiger partial charge in [0.15, 0.2) is 24.8 Å². The number of hydrogen-bond acceptors (Lipinski definition) is 3. The molecule has 0 N–H and O–H groups in total. The minimum Gasteiger partial charge on any atom is -0.743 e. The van der Waals surface area contributed by atoms with E-state index < -0.39 is 79.6 Å². The van der Waals surface area contributed by atoms with E-state index in [2.05, 4.69) is 0 Å². The second-order valence-electron chi connectivity index (χ2n) is 9.43. The van der Waals surface area contributed by atoms with Gasteiger partial charge in [-0.3, -0.25) is 0 Å². The molecule has 0 heterocycles. The fourth-order valence-electron chi connectivity index (χ4n) is 3.44. The number of hydrogen-bond donors (Lipinski definition) is 0. The van der Waals surface area contributed by atoms with Gasteiger partial charge in [-0.2, -0.15) is 83.4 Å². The summed E-state index contributed by atoms with van der Waals surface area (Å²) in [5, 5.41) is -7.63. The minimum atomic E-state index is -8.29. The van der Waals surface area contributed by atoms with Crippen LogP contribution in [0.2, 0.25) is 0 Å². The van der Waals surface area contributed by atoms with Gasteiger partial charge >= 0.3 is 47.5 Å². The van der Waals surface area contributed by atoms with E-state index in [1.807, 2.05) is 0 Å². The van der Waals surface area contributed by atoms with Crippen molar-refractivity contribution in [3.8, 4) is 0 Å². The highest BCUT2D eigenvalue weighted by Gasteiger charge is 2.91. The van der Waals surface area contributed by atoms with E-state index in [-0.39, 0.29) is 0 Å². The standard InChI is InChI=1S/C20H13F6S.C6HF13O3S/c21-19(22,23)14-6-10-17(11-7-14)27(16-4-2-1-3-5-16)18-12-8-15(9-13-18)20(24,25)26;7-1(8,3(11,12)5(15,16)17)2(9,10)4(13,14)6(18,19)23(20,21)22/h1-13H;(H,20,21,22)/q+1;/p-1. The van der Waals surface area contributed by atoms with E-state index in [0.717, 1.165) is 29.2 Å². The van der Waals surface area contributed by atoms with E-state index in [1.54, 1.807) is 30.3 Å². The van der Waals surface area contributed by atoms with Crippen molar-refractivity contribution >= 4 is 21.0 Å². The number of rotatable bonds is 8. The van der Waals surface area contributed by atoms with E-state index >= 15 is 0 Å². The van der Waals surface area contributed by atoms with Crippen LogP contribution in [0.1, 0.15) is 11.1 Å². The molecule has 0 bridgehead atoms. The van der Waals surface area contributed by atoms with Crippen LogP contribution in [-0.2, 0) is 33.4 Å². The first-order chi connectivity index (χ1) is 22.2. The van der Waals surface area contributed by atoms with Gasteiger partial charge < -0.3 is 4.55 Å². The zero-order chi connectivity index (χ0) is 39.2. The zero-order valence-electron chi connectivity index (χ0n) is 23.2. The summed E-state index contributed by atoms with van der Waals surface area (Å²) in [7, 11) is -8.68. The molecule has 3 nitrogen and oxygen atoms in total. The van der Waals surface area contributed by atoms with Crippen LogP contribution in [0.15, 0.2) is 93.5 Å². The fourth-order valence-corrected chi connectivity index (χ4v) is 5.94. The van der Waals surface area contributed by atoms with Crippen LogP contribution in [0.25, 0.3) is 0 Å². The molecule has 50 heavy (non-hydrogen) atoms. The first kappa shape index (κ1) is 42.8. The molecule has 0 unspecified atom stereocenters. The van der Waals surface area contributed by atoms with Crippen molar-refractivity contribution in [1.29, 1.82) is 0 Å². The summed E-state index contributed by atoms with van der Waals surface area (Å²) in [4.78, 5) is 1.99. The maximum atomic E-state index is 12.8. The van der Waals surface area contributed by atoms with Gasteiger partial charge in [0.1, 0.15) is 0 Å². The number of halogens is 19. The Morgan fingerprint density at radius 1 is 0.420 bits per heavy atom. The second kappa shape index (κ2) is 13.6. The maximum absolute atomic E-state index is 12.8. The molecule has 3 rings (SSSR count). The van der Waals surface area contributed by atoms with Gasteiger partial charge in [-0.25, -0.2) is 8.42 Å². The Morgan fingerprint density at radius 3 is 1.00 bits per heavy atom. The minimum absolute atomic E-state index is 0.592. The molecule has 24 heteroatoms. The third-order valence-electron chi connectivity index (χ3n) is 6.03. The van der Waals surface area contributed by atoms with Gasteiger partial charge in [0, 0.05) is 0 Å². The largest absolute Gasteiger partial charge is 0.743 e. The van der Waals surface area contributed by atoms with Crippen molar-refractivity contribution in [3.05, 3.63) is 90.0 Å². The summed E-state index contributed by atoms with van der Waals surface area (Å²) in [6.07, 6.45) is -16.5. The average Bonchev–Trinajstić information content (AvgIpc) is 2.96. The molecule has 0 aromatic heterocycles. The Bertz CT molecular complexity index is 1640. The quantitative estimate of drug-likeness (QED) is 0.130. The van der Waals surface area contributed by atoms with Crippen LogP contribution in [0.4, 0.5) is 83.4 Å². The van der Waals surface area contributed by atoms with Gasteiger partial charge in [0.25, 0.3) is 0 Å². The predicted octanol–water partition coefficient (Wildman–Crippen LogP) is 10.0. The van der Waals surface area contributed by atoms with E-state index in [1.165, 1.54) is 24.3 Å². The van der Waals surface area contributed by atoms with E-state index in [0.29, 0.717) is 9.79 Å². The molecule has 280 valence electrons. The third-order valence-corrected chi connectivity index (χ3v) is 9.15. The molecule has 0 aliphatic carbocycles. The molecule has 3 aromatic carbocycles. The molecule has 0 saturated heterocycles. The monoisotopic (exact) mass is 798 g/mol. The van der Waals surface area contributed by atoms with Crippen molar-refractivity contribution in [2.24, 2.45) is 0 Å². The smallest absolute Gasteiger partial charge is 0.460 e. The Hall–Kier alpha value is -3.41. The van der Waals surface area contributed by atoms with Crippen molar-refractivity contribution in [1.82, 2.24) is 0 Å². The second-order valence-corrected chi connectivity index (χ2v) is 12.9. The lowest BCUT2D eigenvalue weighted by Gasteiger charge is -2.39. The molecule has 0 radical (unpaired) electrons. The van der Waals surface area contributed by atoms with E-state index in [4.69, 9.17) is 0 Å². The zero-order valence-corrected chi connectivity index (χ0v) is 24.9. The molecule has 0 aliphatic rings. The molecule has 3 aromatic rings. The van der Waals surface area contributed by atoms with E-state index in [9.17, 15) is 96.4 Å². The first-order valence-electron chi connectivity index (χ1n) is 12.2. The van der Waals surface area contributed by atoms with Crippen molar-refractivity contribution in [2.75, 3.05) is 0 Å². The van der Waals surface area contributed by atoms with Gasteiger partial charge in [-0.15, -0.1) is 0 Å². The SMILES string of the molecule is FC(F)(F)c1ccc([S+](c2ccccc2)c2ccc(C(F)(F)F)cc2)cc1.O=S(=O)([O-])C(F)(F)C(F)(F)C(F)(F)C(F)(F)C(F)(F)C(F)(F)F. The summed E-state index contributed by atoms with van der Waals surface area (Å²) < 4.78 is 266. The van der Waals surface area contributed by atoms with Gasteiger partial charge in [-0.05, 0) is 60.7 Å². The Labute approximate surface area is 269 Å². The van der Waals surface area contributed by atoms with Crippen LogP contribution >= 0.6 is 0 Å². The highest BCUT2D eigenvalue weighted by molar-refractivity contribution is 7.97. The molecule has 0 spiro atoms. The van der Waals surface area contributed by atoms with Crippen LogP contribution in [0.5, 0.6) is 0 Å². The first-order valence-corrected chi connectivity index (χ1v) is 14.8. The average molecular weight is 798 g/mol. The summed E-state index contributed by atoms with van der Waals surface area (Å²) in [5.74, 6) is -32.6. The number of benzene rings is 3. The van der Waals surface area contributed by atoms with Gasteiger partial charge in [0.2, 0.25) is 0 Å². The highest BCUT2D eigenvalue weighted by atomic mass is 32.2. The van der Waals surface area contributed by atoms with Gasteiger partial charge in [0.05, 0.1) is 22.0 Å². The Kier molecular flexibility index (Phi) is 11.6. The fraction of sp³-hybridized carbons (Fsp3) is 0.308. The maximum Gasteiger partial charge on any atom is 0.460 e. The molecule has 0 aliphatic heterocycles. The third kappa shape index (κ3) is 8.05. The van der Waals surface area contributed by atoms with Gasteiger partial charge in [-0.1, -0.05) is 18.2 Å². The molecule has 0 amide bonds. The Balaban J connectivity index is 0.000000353. The summed E-state index contributed by atoms with van der Waals surface area (Å²) in [6, 6.07) is 18.4. The lowest BCUT2D eigenvalue weighted by molar-refractivity contribution is -0.433. The molecule has 0 fully saturated rings. The summed E-state index contributed by atoms with van der Waals surface area (Å²) in [5.41, 5.74) is -1.54. The normalized spacial score (nSPS) is 14.3. The Morgan fingerprint density at radius 2 is 0.720 bits per heavy atom.